The van der Waals surface area contributed by atoms with Crippen molar-refractivity contribution in [2.45, 2.75) is 13.5 Å². The predicted octanol–water partition coefficient (Wildman–Crippen LogP) is -0.253. The minimum Gasteiger partial charge on any atom is -0.328 e. The van der Waals surface area contributed by atoms with Crippen molar-refractivity contribution in [3.63, 3.8) is 0 Å². The number of aryl methyl sites for hydroxylation is 1. The maximum Gasteiger partial charge on any atom is 0.142 e. The standard InChI is InChI=1S/C16H21ClN4/c1-13-15(12-20-10-8-19(2)9-11-20)16(17)21(18-13)14-6-4-3-5-7-14/h3-7H,8-12H2,1-2H3/p+2. The van der Waals surface area contributed by atoms with Gasteiger partial charge in [-0.05, 0) is 19.1 Å². The van der Waals surface area contributed by atoms with E-state index in [1.54, 1.807) is 9.80 Å². The van der Waals surface area contributed by atoms with Gasteiger partial charge in [-0.3, -0.25) is 0 Å². The van der Waals surface area contributed by atoms with Gasteiger partial charge in [0.15, 0.2) is 0 Å². The molecule has 0 radical (unpaired) electrons. The SMILES string of the molecule is Cc1nn(-c2ccccc2)c(Cl)c1C[NH+]1CC[NH+](C)CC1. The summed E-state index contributed by atoms with van der Waals surface area (Å²) in [7, 11) is 2.27. The number of para-hydroxylation sites is 1. The lowest BCUT2D eigenvalue weighted by molar-refractivity contribution is -1.01. The molecule has 1 aromatic carbocycles. The number of hydrogen-bond donors (Lipinski definition) is 2. The fourth-order valence-electron chi connectivity index (χ4n) is 2.93. The Morgan fingerprint density at radius 2 is 1.81 bits per heavy atom. The van der Waals surface area contributed by atoms with E-state index in [1.165, 1.54) is 31.7 Å². The van der Waals surface area contributed by atoms with E-state index in [4.69, 9.17) is 11.6 Å². The molecule has 0 atom stereocenters. The maximum absolute atomic E-state index is 6.59. The zero-order valence-corrected chi connectivity index (χ0v) is 13.5. The number of aromatic nitrogens is 2. The Labute approximate surface area is 130 Å². The van der Waals surface area contributed by atoms with Crippen LogP contribution in [-0.4, -0.2) is 43.0 Å². The molecule has 0 spiro atoms. The Morgan fingerprint density at radius 1 is 1.14 bits per heavy atom. The van der Waals surface area contributed by atoms with Gasteiger partial charge in [0.25, 0.3) is 0 Å². The fourth-order valence-corrected chi connectivity index (χ4v) is 3.27. The molecule has 1 aliphatic rings. The van der Waals surface area contributed by atoms with Crippen molar-refractivity contribution in [3.8, 4) is 5.69 Å². The molecule has 1 fully saturated rings. The Balaban J connectivity index is 1.82. The molecule has 112 valence electrons. The van der Waals surface area contributed by atoms with Gasteiger partial charge in [-0.1, -0.05) is 29.8 Å². The third-order valence-electron chi connectivity index (χ3n) is 4.36. The van der Waals surface area contributed by atoms with Gasteiger partial charge in [0.05, 0.1) is 24.0 Å². The van der Waals surface area contributed by atoms with E-state index in [9.17, 15) is 0 Å². The summed E-state index contributed by atoms with van der Waals surface area (Å²) in [5.74, 6) is 0. The highest BCUT2D eigenvalue weighted by atomic mass is 35.5. The zero-order chi connectivity index (χ0) is 14.8. The monoisotopic (exact) mass is 306 g/mol. The summed E-state index contributed by atoms with van der Waals surface area (Å²) in [6, 6.07) is 10.1. The van der Waals surface area contributed by atoms with Gasteiger partial charge in [-0.25, -0.2) is 4.68 Å². The molecule has 0 saturated carbocycles. The highest BCUT2D eigenvalue weighted by molar-refractivity contribution is 6.30. The predicted molar refractivity (Wildman–Crippen MR) is 84.3 cm³/mol. The number of hydrogen-bond acceptors (Lipinski definition) is 1. The van der Waals surface area contributed by atoms with Crippen molar-refractivity contribution in [3.05, 3.63) is 46.7 Å². The van der Waals surface area contributed by atoms with Crippen LogP contribution in [0.25, 0.3) is 5.69 Å². The number of nitrogens with one attached hydrogen (secondary N) is 2. The molecule has 5 heteroatoms. The van der Waals surface area contributed by atoms with Crippen molar-refractivity contribution in [2.75, 3.05) is 33.2 Å². The van der Waals surface area contributed by atoms with Crippen LogP contribution in [0.5, 0.6) is 0 Å². The molecule has 1 aliphatic heterocycles. The number of likely N-dealkylation sites (N-methyl/N-ethyl adjacent to an activating group) is 1. The first-order valence-electron chi connectivity index (χ1n) is 7.59. The van der Waals surface area contributed by atoms with Crippen LogP contribution in [0, 0.1) is 6.92 Å². The Morgan fingerprint density at radius 3 is 2.48 bits per heavy atom. The lowest BCUT2D eigenvalue weighted by Gasteiger charge is -2.27. The molecule has 0 bridgehead atoms. The highest BCUT2D eigenvalue weighted by Crippen LogP contribution is 2.22. The second-order valence-corrected chi connectivity index (χ2v) is 6.34. The van der Waals surface area contributed by atoms with Crippen LogP contribution in [0.2, 0.25) is 5.15 Å². The van der Waals surface area contributed by atoms with E-state index in [-0.39, 0.29) is 0 Å². The first-order valence-corrected chi connectivity index (χ1v) is 7.97. The summed E-state index contributed by atoms with van der Waals surface area (Å²) in [5, 5.41) is 5.39. The zero-order valence-electron chi connectivity index (χ0n) is 12.7. The molecule has 0 amide bonds. The van der Waals surface area contributed by atoms with Crippen LogP contribution in [0.15, 0.2) is 30.3 Å². The summed E-state index contributed by atoms with van der Waals surface area (Å²) in [4.78, 5) is 3.24. The molecule has 2 N–H and O–H groups in total. The summed E-state index contributed by atoms with van der Waals surface area (Å²) in [6.07, 6.45) is 0. The molecular formula is C16H23ClN4+2. The van der Waals surface area contributed by atoms with E-state index < -0.39 is 0 Å². The molecule has 1 saturated heterocycles. The molecule has 3 rings (SSSR count). The minimum atomic E-state index is 0.762. The molecule has 1 aromatic heterocycles. The van der Waals surface area contributed by atoms with Crippen molar-refractivity contribution < 1.29 is 9.80 Å². The highest BCUT2D eigenvalue weighted by Gasteiger charge is 2.24. The normalized spacial score (nSPS) is 22.4. The summed E-state index contributed by atoms with van der Waals surface area (Å²) >= 11 is 6.59. The van der Waals surface area contributed by atoms with Crippen LogP contribution < -0.4 is 9.80 Å². The third-order valence-corrected chi connectivity index (χ3v) is 4.75. The smallest absolute Gasteiger partial charge is 0.142 e. The van der Waals surface area contributed by atoms with Gasteiger partial charge >= 0.3 is 0 Å². The summed E-state index contributed by atoms with van der Waals surface area (Å²) in [6.45, 7) is 7.92. The minimum absolute atomic E-state index is 0.762. The number of benzene rings is 1. The molecule has 21 heavy (non-hydrogen) atoms. The molecule has 2 aromatic rings. The number of quaternary nitrogens is 2. The lowest BCUT2D eigenvalue weighted by Crippen LogP contribution is -3.26. The first-order chi connectivity index (χ1) is 10.1. The number of rotatable bonds is 3. The second-order valence-electron chi connectivity index (χ2n) is 5.99. The van der Waals surface area contributed by atoms with Gasteiger partial charge < -0.3 is 9.80 Å². The Kier molecular flexibility index (Phi) is 4.29. The van der Waals surface area contributed by atoms with Crippen molar-refractivity contribution in [2.24, 2.45) is 0 Å². The molecular weight excluding hydrogens is 284 g/mol. The Hall–Kier alpha value is -1.36. The van der Waals surface area contributed by atoms with Crippen molar-refractivity contribution in [1.29, 1.82) is 0 Å². The fraction of sp³-hybridized carbons (Fsp3) is 0.438. The van der Waals surface area contributed by atoms with E-state index in [0.717, 1.165) is 23.1 Å². The van der Waals surface area contributed by atoms with E-state index >= 15 is 0 Å². The van der Waals surface area contributed by atoms with Crippen molar-refractivity contribution in [1.82, 2.24) is 9.78 Å². The average Bonchev–Trinajstić information content (AvgIpc) is 2.78. The van der Waals surface area contributed by atoms with E-state index in [0.29, 0.717) is 0 Å². The van der Waals surface area contributed by atoms with E-state index in [2.05, 4.69) is 19.1 Å². The number of piperazine rings is 1. The average molecular weight is 307 g/mol. The summed E-state index contributed by atoms with van der Waals surface area (Å²) < 4.78 is 1.85. The summed E-state index contributed by atoms with van der Waals surface area (Å²) in [5.41, 5.74) is 3.26. The Bertz CT molecular complexity index is 600. The van der Waals surface area contributed by atoms with Gasteiger partial charge in [0.2, 0.25) is 0 Å². The van der Waals surface area contributed by atoms with Crippen LogP contribution in [-0.2, 0) is 6.54 Å². The second kappa shape index (κ2) is 6.18. The topological polar surface area (TPSA) is 26.7 Å². The van der Waals surface area contributed by atoms with Crippen LogP contribution in [0.4, 0.5) is 0 Å². The first kappa shape index (κ1) is 14.6. The molecule has 0 unspecified atom stereocenters. The largest absolute Gasteiger partial charge is 0.328 e. The maximum atomic E-state index is 6.59. The van der Waals surface area contributed by atoms with Gasteiger partial charge in [0.1, 0.15) is 37.9 Å². The van der Waals surface area contributed by atoms with Crippen LogP contribution in [0.1, 0.15) is 11.3 Å². The van der Waals surface area contributed by atoms with Gasteiger partial charge in [-0.15, -0.1) is 0 Å². The molecule has 0 aliphatic carbocycles. The number of nitrogens with zero attached hydrogens (tertiary/aromatic N) is 2. The molecule has 2 heterocycles. The molecule has 4 nitrogen and oxygen atoms in total. The van der Waals surface area contributed by atoms with Gasteiger partial charge in [0, 0.05) is 0 Å². The van der Waals surface area contributed by atoms with Crippen LogP contribution in [0.3, 0.4) is 0 Å². The lowest BCUT2D eigenvalue weighted by atomic mass is 10.2. The van der Waals surface area contributed by atoms with E-state index in [1.807, 2.05) is 35.0 Å². The quantitative estimate of drug-likeness (QED) is 0.804. The number of halogens is 1. The van der Waals surface area contributed by atoms with Crippen molar-refractivity contribution >= 4 is 11.6 Å². The van der Waals surface area contributed by atoms with Gasteiger partial charge in [-0.2, -0.15) is 5.10 Å². The third kappa shape index (κ3) is 3.12. The van der Waals surface area contributed by atoms with Crippen LogP contribution >= 0.6 is 11.6 Å².